The molecule has 1 fully saturated rings. The van der Waals surface area contributed by atoms with Gasteiger partial charge >= 0.3 is 0 Å². The van der Waals surface area contributed by atoms with Crippen molar-refractivity contribution < 1.29 is 14.2 Å². The van der Waals surface area contributed by atoms with Crippen LogP contribution < -0.4 is 14.8 Å². The lowest BCUT2D eigenvalue weighted by Crippen LogP contribution is -2.19. The van der Waals surface area contributed by atoms with E-state index in [2.05, 4.69) is 15.3 Å². The molecule has 22 heavy (non-hydrogen) atoms. The fraction of sp³-hybridized carbons (Fsp3) is 0.467. The van der Waals surface area contributed by atoms with Crippen molar-refractivity contribution >= 4 is 28.3 Å². The van der Waals surface area contributed by atoms with Crippen molar-refractivity contribution in [1.82, 2.24) is 9.97 Å². The fourth-order valence-corrected chi connectivity index (χ4v) is 2.75. The van der Waals surface area contributed by atoms with Crippen LogP contribution >= 0.6 is 11.6 Å². The molecule has 1 saturated heterocycles. The van der Waals surface area contributed by atoms with Gasteiger partial charge in [0.05, 0.1) is 25.8 Å². The molecule has 0 saturated carbocycles. The minimum Gasteiger partial charge on any atom is -0.493 e. The standard InChI is InChI=1S/C15H18ClN3O3/c1-20-12-6-10-11(7-13(12)21-2)18-15(16)19-14(10)17-8-9-4-3-5-22-9/h6-7,9H,3-5,8H2,1-2H3,(H,17,18,19)/t9-/m0/s1. The van der Waals surface area contributed by atoms with E-state index in [1.807, 2.05) is 6.07 Å². The molecular formula is C15H18ClN3O3. The summed E-state index contributed by atoms with van der Waals surface area (Å²) in [5, 5.41) is 4.33. The Morgan fingerprint density at radius 1 is 1.27 bits per heavy atom. The number of halogens is 1. The molecule has 1 aliphatic heterocycles. The Morgan fingerprint density at radius 2 is 2.05 bits per heavy atom. The molecule has 1 N–H and O–H groups in total. The summed E-state index contributed by atoms with van der Waals surface area (Å²) in [6, 6.07) is 3.64. The van der Waals surface area contributed by atoms with Crippen LogP contribution in [0.25, 0.3) is 10.9 Å². The predicted molar refractivity (Wildman–Crippen MR) is 85.1 cm³/mol. The van der Waals surface area contributed by atoms with E-state index in [0.29, 0.717) is 29.4 Å². The number of anilines is 1. The summed E-state index contributed by atoms with van der Waals surface area (Å²) in [4.78, 5) is 8.53. The Labute approximate surface area is 133 Å². The molecule has 7 heteroatoms. The maximum atomic E-state index is 6.02. The highest BCUT2D eigenvalue weighted by Gasteiger charge is 2.17. The first-order valence-electron chi connectivity index (χ1n) is 7.16. The zero-order valence-electron chi connectivity index (χ0n) is 12.6. The number of nitrogens with zero attached hydrogens (tertiary/aromatic N) is 2. The summed E-state index contributed by atoms with van der Waals surface area (Å²) >= 11 is 6.02. The van der Waals surface area contributed by atoms with E-state index in [1.54, 1.807) is 20.3 Å². The first-order valence-corrected chi connectivity index (χ1v) is 7.54. The highest BCUT2D eigenvalue weighted by atomic mass is 35.5. The molecule has 6 nitrogen and oxygen atoms in total. The number of ether oxygens (including phenoxy) is 3. The van der Waals surface area contributed by atoms with Crippen LogP contribution in [0.3, 0.4) is 0 Å². The molecular weight excluding hydrogens is 306 g/mol. The number of hydrogen-bond acceptors (Lipinski definition) is 6. The maximum Gasteiger partial charge on any atom is 0.224 e. The van der Waals surface area contributed by atoms with Crippen molar-refractivity contribution in [2.75, 3.05) is 32.7 Å². The van der Waals surface area contributed by atoms with E-state index in [9.17, 15) is 0 Å². The minimum atomic E-state index is 0.189. The molecule has 1 aliphatic rings. The lowest BCUT2D eigenvalue weighted by molar-refractivity contribution is 0.120. The van der Waals surface area contributed by atoms with Crippen LogP contribution in [0.4, 0.5) is 5.82 Å². The smallest absolute Gasteiger partial charge is 0.224 e. The summed E-state index contributed by atoms with van der Waals surface area (Å²) in [5.41, 5.74) is 0.701. The molecule has 1 aromatic heterocycles. The lowest BCUT2D eigenvalue weighted by atomic mass is 10.2. The Hall–Kier alpha value is -1.79. The van der Waals surface area contributed by atoms with Crippen LogP contribution in [0, 0.1) is 0 Å². The van der Waals surface area contributed by atoms with E-state index in [4.69, 9.17) is 25.8 Å². The average molecular weight is 324 g/mol. The Morgan fingerprint density at radius 3 is 2.73 bits per heavy atom. The third-order valence-electron chi connectivity index (χ3n) is 3.69. The van der Waals surface area contributed by atoms with Crippen molar-refractivity contribution in [2.45, 2.75) is 18.9 Å². The second-order valence-corrected chi connectivity index (χ2v) is 5.42. The number of fused-ring (bicyclic) bond motifs is 1. The van der Waals surface area contributed by atoms with Crippen LogP contribution in [0.1, 0.15) is 12.8 Å². The summed E-state index contributed by atoms with van der Waals surface area (Å²) < 4.78 is 16.3. The summed E-state index contributed by atoms with van der Waals surface area (Å²) in [6.45, 7) is 1.51. The van der Waals surface area contributed by atoms with Crippen LogP contribution in [-0.4, -0.2) is 43.4 Å². The van der Waals surface area contributed by atoms with E-state index in [-0.39, 0.29) is 11.4 Å². The van der Waals surface area contributed by atoms with Gasteiger partial charge in [0, 0.05) is 24.6 Å². The second kappa shape index (κ2) is 6.54. The number of benzene rings is 1. The number of rotatable bonds is 5. The van der Waals surface area contributed by atoms with Gasteiger partial charge in [0.25, 0.3) is 0 Å². The zero-order chi connectivity index (χ0) is 15.5. The summed E-state index contributed by atoms with van der Waals surface area (Å²) in [7, 11) is 3.18. The topological polar surface area (TPSA) is 65.5 Å². The summed E-state index contributed by atoms with van der Waals surface area (Å²) in [6.07, 6.45) is 2.37. The Kier molecular flexibility index (Phi) is 4.49. The number of aromatic nitrogens is 2. The monoisotopic (exact) mass is 323 g/mol. The van der Waals surface area contributed by atoms with Gasteiger partial charge in [-0.25, -0.2) is 9.97 Å². The molecule has 1 aromatic carbocycles. The maximum absolute atomic E-state index is 6.02. The average Bonchev–Trinajstić information content (AvgIpc) is 3.04. The highest BCUT2D eigenvalue weighted by Crippen LogP contribution is 2.34. The number of nitrogens with one attached hydrogen (secondary N) is 1. The fourth-order valence-electron chi connectivity index (χ4n) is 2.58. The van der Waals surface area contributed by atoms with Gasteiger partial charge in [-0.15, -0.1) is 0 Å². The van der Waals surface area contributed by atoms with Gasteiger partial charge in [0.2, 0.25) is 5.28 Å². The minimum absolute atomic E-state index is 0.189. The van der Waals surface area contributed by atoms with Gasteiger partial charge in [-0.3, -0.25) is 0 Å². The van der Waals surface area contributed by atoms with Crippen molar-refractivity contribution in [3.8, 4) is 11.5 Å². The Bertz CT molecular complexity index is 675. The molecule has 0 radical (unpaired) electrons. The third kappa shape index (κ3) is 3.03. The molecule has 118 valence electrons. The van der Waals surface area contributed by atoms with Gasteiger partial charge in [0.1, 0.15) is 5.82 Å². The highest BCUT2D eigenvalue weighted by molar-refractivity contribution is 6.28. The normalized spacial score (nSPS) is 17.7. The molecule has 0 amide bonds. The molecule has 0 bridgehead atoms. The van der Waals surface area contributed by atoms with E-state index < -0.39 is 0 Å². The molecule has 0 aliphatic carbocycles. The summed E-state index contributed by atoms with van der Waals surface area (Å²) in [5.74, 6) is 1.90. The van der Waals surface area contributed by atoms with Gasteiger partial charge in [-0.1, -0.05) is 0 Å². The quantitative estimate of drug-likeness (QED) is 0.853. The van der Waals surface area contributed by atoms with Gasteiger partial charge in [-0.2, -0.15) is 0 Å². The van der Waals surface area contributed by atoms with Gasteiger partial charge < -0.3 is 19.5 Å². The molecule has 0 unspecified atom stereocenters. The lowest BCUT2D eigenvalue weighted by Gasteiger charge is -2.14. The van der Waals surface area contributed by atoms with Crippen LogP contribution in [-0.2, 0) is 4.74 Å². The SMILES string of the molecule is COc1cc2nc(Cl)nc(NC[C@@H]3CCCO3)c2cc1OC. The Balaban J connectivity index is 1.96. The third-order valence-corrected chi connectivity index (χ3v) is 3.86. The van der Waals surface area contributed by atoms with E-state index in [0.717, 1.165) is 24.8 Å². The van der Waals surface area contributed by atoms with Crippen LogP contribution in [0.5, 0.6) is 11.5 Å². The van der Waals surface area contributed by atoms with E-state index in [1.165, 1.54) is 0 Å². The van der Waals surface area contributed by atoms with Gasteiger partial charge in [-0.05, 0) is 30.5 Å². The second-order valence-electron chi connectivity index (χ2n) is 5.08. The largest absolute Gasteiger partial charge is 0.493 e. The van der Waals surface area contributed by atoms with Crippen molar-refractivity contribution in [1.29, 1.82) is 0 Å². The molecule has 3 rings (SSSR count). The number of methoxy groups -OCH3 is 2. The van der Waals surface area contributed by atoms with Crippen molar-refractivity contribution in [3.05, 3.63) is 17.4 Å². The van der Waals surface area contributed by atoms with Crippen LogP contribution in [0.2, 0.25) is 5.28 Å². The molecule has 1 atom stereocenters. The molecule has 0 spiro atoms. The van der Waals surface area contributed by atoms with Crippen molar-refractivity contribution in [3.63, 3.8) is 0 Å². The number of hydrogen-bond donors (Lipinski definition) is 1. The first-order chi connectivity index (χ1) is 10.7. The van der Waals surface area contributed by atoms with Crippen LogP contribution in [0.15, 0.2) is 12.1 Å². The van der Waals surface area contributed by atoms with E-state index >= 15 is 0 Å². The molecule has 2 aromatic rings. The first kappa shape index (κ1) is 15.1. The molecule has 2 heterocycles. The van der Waals surface area contributed by atoms with Gasteiger partial charge in [0.15, 0.2) is 11.5 Å². The predicted octanol–water partition coefficient (Wildman–Crippen LogP) is 2.89. The zero-order valence-corrected chi connectivity index (χ0v) is 13.3. The van der Waals surface area contributed by atoms with Crippen molar-refractivity contribution in [2.24, 2.45) is 0 Å².